The Morgan fingerprint density at radius 2 is 0.913 bits per heavy atom. The topological polar surface area (TPSA) is 0 Å². The molecule has 46 heavy (non-hydrogen) atoms. The summed E-state index contributed by atoms with van der Waals surface area (Å²) in [6.45, 7) is 2.25. The monoisotopic (exact) mass is 600 g/mol. The zero-order valence-electron chi connectivity index (χ0n) is 25.3. The Labute approximate surface area is 272 Å². The molecule has 0 fully saturated rings. The molecule has 0 saturated carbocycles. The average molecular weight is 601 g/mol. The molecule has 0 N–H and O–H groups in total. The summed E-state index contributed by atoms with van der Waals surface area (Å²) in [6, 6.07) is 58.0. The molecule has 3 aliphatic rings. The van der Waals surface area contributed by atoms with Gasteiger partial charge in [-0.2, -0.15) is 0 Å². The van der Waals surface area contributed by atoms with Gasteiger partial charge in [0, 0.05) is 25.7 Å². The first-order chi connectivity index (χ1) is 22.7. The first-order valence-corrected chi connectivity index (χ1v) is 17.0. The van der Waals surface area contributed by atoms with E-state index in [0.717, 1.165) is 0 Å². The van der Waals surface area contributed by atoms with Crippen LogP contribution < -0.4 is 0 Å². The van der Waals surface area contributed by atoms with E-state index in [9.17, 15) is 0 Å². The Morgan fingerprint density at radius 1 is 0.391 bits per heavy atom. The molecule has 0 atom stereocenters. The van der Waals surface area contributed by atoms with Gasteiger partial charge in [0.05, 0.1) is 10.8 Å². The zero-order chi connectivity index (χ0) is 30.2. The van der Waals surface area contributed by atoms with Gasteiger partial charge in [-0.3, -0.25) is 0 Å². The van der Waals surface area contributed by atoms with Crippen LogP contribution in [-0.2, 0) is 10.8 Å². The minimum absolute atomic E-state index is 0.403. The summed E-state index contributed by atoms with van der Waals surface area (Å²) in [5.41, 5.74) is 17.1. The summed E-state index contributed by atoms with van der Waals surface area (Å²) in [5, 5.41) is 2.71. The van der Waals surface area contributed by atoms with Crippen molar-refractivity contribution in [3.8, 4) is 22.3 Å². The largest absolute Gasteiger partial charge is 0.135 e. The van der Waals surface area contributed by atoms with Crippen LogP contribution in [0.15, 0.2) is 152 Å². The first kappa shape index (κ1) is 25.0. The minimum Gasteiger partial charge on any atom is -0.135 e. The highest BCUT2D eigenvalue weighted by molar-refractivity contribution is 7.26. The standard InChI is InChI=1S/C45H28S/c1-27-22-23-32-40(26-27)45(39-25-24-31-30-14-4-11-21-41(30)46-43(31)42(32)39)37-19-9-7-17-35(37)44(36-18-8-10-20-38(36)45)33-15-5-2-12-28(33)29-13-3-6-16-34(29)44/h2-26H,1H3. The fraction of sp³-hybridized carbons (Fsp3) is 0.0667. The molecule has 0 radical (unpaired) electrons. The first-order valence-electron chi connectivity index (χ1n) is 16.2. The van der Waals surface area contributed by atoms with Crippen LogP contribution in [0.5, 0.6) is 0 Å². The van der Waals surface area contributed by atoms with Crippen molar-refractivity contribution in [3.05, 3.63) is 202 Å². The lowest BCUT2D eigenvalue weighted by Crippen LogP contribution is -2.43. The van der Waals surface area contributed by atoms with Gasteiger partial charge in [-0.1, -0.05) is 151 Å². The molecule has 0 saturated heterocycles. The lowest BCUT2D eigenvalue weighted by Gasteiger charge is -2.48. The summed E-state index contributed by atoms with van der Waals surface area (Å²) in [5.74, 6) is 0. The molecule has 2 spiro atoms. The van der Waals surface area contributed by atoms with Gasteiger partial charge in [-0.25, -0.2) is 0 Å². The number of hydrogen-bond donors (Lipinski definition) is 0. The summed E-state index contributed by atoms with van der Waals surface area (Å²) < 4.78 is 2.75. The van der Waals surface area contributed by atoms with E-state index in [1.54, 1.807) is 0 Å². The number of fused-ring (bicyclic) bond motifs is 20. The van der Waals surface area contributed by atoms with E-state index in [2.05, 4.69) is 159 Å². The van der Waals surface area contributed by atoms with E-state index in [4.69, 9.17) is 0 Å². The highest BCUT2D eigenvalue weighted by atomic mass is 32.1. The van der Waals surface area contributed by atoms with Crippen molar-refractivity contribution in [2.24, 2.45) is 0 Å². The zero-order valence-corrected chi connectivity index (χ0v) is 26.2. The molecule has 214 valence electrons. The smallest absolute Gasteiger partial charge is 0.0720 e. The Balaban J connectivity index is 1.37. The Kier molecular flexibility index (Phi) is 4.63. The Morgan fingerprint density at radius 3 is 1.54 bits per heavy atom. The van der Waals surface area contributed by atoms with Crippen molar-refractivity contribution in [2.45, 2.75) is 17.8 Å². The van der Waals surface area contributed by atoms with Crippen LogP contribution >= 0.6 is 11.3 Å². The van der Waals surface area contributed by atoms with E-state index >= 15 is 0 Å². The van der Waals surface area contributed by atoms with Gasteiger partial charge in [0.1, 0.15) is 0 Å². The van der Waals surface area contributed by atoms with E-state index in [1.165, 1.54) is 92.5 Å². The quantitative estimate of drug-likeness (QED) is 0.162. The summed E-state index contributed by atoms with van der Waals surface area (Å²) >= 11 is 1.94. The van der Waals surface area contributed by atoms with Gasteiger partial charge in [-0.15, -0.1) is 11.3 Å². The van der Waals surface area contributed by atoms with Crippen LogP contribution in [-0.4, -0.2) is 0 Å². The number of rotatable bonds is 0. The van der Waals surface area contributed by atoms with Crippen LogP contribution in [0.2, 0.25) is 0 Å². The van der Waals surface area contributed by atoms with Gasteiger partial charge < -0.3 is 0 Å². The van der Waals surface area contributed by atoms with Gasteiger partial charge in [-0.05, 0) is 74.2 Å². The fourth-order valence-corrected chi connectivity index (χ4v) is 10.9. The second-order valence-corrected chi connectivity index (χ2v) is 14.2. The molecule has 11 rings (SSSR count). The lowest BCUT2D eigenvalue weighted by atomic mass is 9.52. The van der Waals surface area contributed by atoms with Crippen LogP contribution in [0.4, 0.5) is 0 Å². The maximum atomic E-state index is 2.48. The van der Waals surface area contributed by atoms with E-state index < -0.39 is 10.8 Å². The molecule has 7 aromatic carbocycles. The number of hydrogen-bond acceptors (Lipinski definition) is 1. The highest BCUT2D eigenvalue weighted by Gasteiger charge is 2.59. The lowest BCUT2D eigenvalue weighted by molar-refractivity contribution is 0.633. The molecule has 0 aliphatic heterocycles. The molecule has 0 bridgehead atoms. The van der Waals surface area contributed by atoms with Crippen LogP contribution in [0.3, 0.4) is 0 Å². The van der Waals surface area contributed by atoms with Crippen LogP contribution in [0.25, 0.3) is 42.4 Å². The second-order valence-electron chi connectivity index (χ2n) is 13.2. The highest BCUT2D eigenvalue weighted by Crippen LogP contribution is 2.68. The van der Waals surface area contributed by atoms with Crippen molar-refractivity contribution < 1.29 is 0 Å². The second kappa shape index (κ2) is 8.51. The maximum Gasteiger partial charge on any atom is 0.0720 e. The van der Waals surface area contributed by atoms with Crippen molar-refractivity contribution in [1.29, 1.82) is 0 Å². The normalized spacial score (nSPS) is 15.4. The third kappa shape index (κ3) is 2.67. The third-order valence-corrected chi connectivity index (χ3v) is 12.4. The number of aryl methyl sites for hydroxylation is 1. The molecule has 0 amide bonds. The van der Waals surface area contributed by atoms with Crippen LogP contribution in [0, 0.1) is 6.92 Å². The maximum absolute atomic E-state index is 2.48. The molecule has 1 heterocycles. The van der Waals surface area contributed by atoms with Gasteiger partial charge in [0.25, 0.3) is 0 Å². The molecule has 0 unspecified atom stereocenters. The van der Waals surface area contributed by atoms with Crippen LogP contribution in [0.1, 0.15) is 50.1 Å². The molecular formula is C45H28S. The SMILES string of the molecule is Cc1ccc2c(c1)C1(c3ccccc3C3(c4ccccc4-c4ccccc43)c3ccccc31)c1ccc3c(sc4ccccc43)c1-2. The van der Waals surface area contributed by atoms with Gasteiger partial charge in [0.2, 0.25) is 0 Å². The Hall–Kier alpha value is -5.24. The van der Waals surface area contributed by atoms with E-state index in [-0.39, 0.29) is 0 Å². The van der Waals surface area contributed by atoms with Crippen molar-refractivity contribution in [3.63, 3.8) is 0 Å². The Bertz CT molecular complexity index is 2520. The molecule has 1 aromatic heterocycles. The predicted molar refractivity (Wildman–Crippen MR) is 192 cm³/mol. The van der Waals surface area contributed by atoms with E-state index in [1.807, 2.05) is 11.3 Å². The third-order valence-electron chi connectivity index (χ3n) is 11.2. The molecular weight excluding hydrogens is 573 g/mol. The van der Waals surface area contributed by atoms with Crippen molar-refractivity contribution in [1.82, 2.24) is 0 Å². The summed E-state index contributed by atoms with van der Waals surface area (Å²) in [7, 11) is 0. The number of benzene rings is 7. The summed E-state index contributed by atoms with van der Waals surface area (Å²) in [4.78, 5) is 0. The van der Waals surface area contributed by atoms with Crippen molar-refractivity contribution in [2.75, 3.05) is 0 Å². The molecule has 8 aromatic rings. The van der Waals surface area contributed by atoms with Gasteiger partial charge in [0.15, 0.2) is 0 Å². The molecule has 1 heteroatoms. The van der Waals surface area contributed by atoms with Gasteiger partial charge >= 0.3 is 0 Å². The number of thiophene rings is 1. The van der Waals surface area contributed by atoms with Crippen molar-refractivity contribution >= 4 is 31.5 Å². The summed E-state index contributed by atoms with van der Waals surface area (Å²) in [6.07, 6.45) is 0. The molecule has 3 aliphatic carbocycles. The minimum atomic E-state index is -0.439. The van der Waals surface area contributed by atoms with E-state index in [0.29, 0.717) is 0 Å². The predicted octanol–water partition coefficient (Wildman–Crippen LogP) is 11.4. The fourth-order valence-electron chi connectivity index (χ4n) is 9.66. The average Bonchev–Trinajstić information content (AvgIpc) is 3.73. The molecule has 0 nitrogen and oxygen atoms in total.